The van der Waals surface area contributed by atoms with E-state index in [2.05, 4.69) is 37.5 Å². The summed E-state index contributed by atoms with van der Waals surface area (Å²) in [7, 11) is 9.03. The van der Waals surface area contributed by atoms with Gasteiger partial charge in [0, 0.05) is 35.7 Å². The summed E-state index contributed by atoms with van der Waals surface area (Å²) >= 11 is 11.2. The lowest BCUT2D eigenvalue weighted by Gasteiger charge is -2.34. The van der Waals surface area contributed by atoms with Crippen molar-refractivity contribution in [2.45, 2.75) is 43.6 Å². The van der Waals surface area contributed by atoms with Crippen LogP contribution in [0.15, 0.2) is 0 Å². The summed E-state index contributed by atoms with van der Waals surface area (Å²) < 4.78 is 13.0. The normalized spacial score (nSPS) is 19.0. The van der Waals surface area contributed by atoms with E-state index in [1.165, 1.54) is 0 Å². The molecule has 0 unspecified atom stereocenters. The Kier molecular flexibility index (Phi) is 11.5. The second-order valence-electron chi connectivity index (χ2n) is 7.83. The predicted octanol–water partition coefficient (Wildman–Crippen LogP) is 5.58. The second-order valence-corrected chi connectivity index (χ2v) is 16.5. The lowest BCUT2D eigenvalue weighted by Crippen LogP contribution is -2.38. The Labute approximate surface area is 200 Å². The van der Waals surface area contributed by atoms with Gasteiger partial charge < -0.3 is 19.3 Å². The molecule has 2 aliphatic rings. The molecule has 2 saturated heterocycles. The largest absolute Gasteiger partial charge is 0.378 e. The number of nitrogens with zero attached hydrogens (tertiary/aromatic N) is 2. The fourth-order valence-electron chi connectivity index (χ4n) is 2.97. The average Bonchev–Trinajstić information content (AvgIpc) is 2.66. The number of hydrogen-bond donors (Lipinski definition) is 0. The Bertz CT molecular complexity index is 522. The standard InChI is InChI=1S/C17H30N2O2S7/c1-16(2,26-24-14(22)18-5-9-20-10-6-18)13-17(3,4)27-28-25-15(23)19-7-11-21-12-8-19/h5-13H2,1-4H3. The van der Waals surface area contributed by atoms with E-state index in [1.54, 1.807) is 31.4 Å². The van der Waals surface area contributed by atoms with E-state index >= 15 is 0 Å². The van der Waals surface area contributed by atoms with Gasteiger partial charge in [-0.1, -0.05) is 46.0 Å². The molecule has 2 heterocycles. The van der Waals surface area contributed by atoms with Crippen molar-refractivity contribution in [3.05, 3.63) is 0 Å². The smallest absolute Gasteiger partial charge is 0.148 e. The van der Waals surface area contributed by atoms with Crippen LogP contribution in [0.4, 0.5) is 0 Å². The van der Waals surface area contributed by atoms with Crippen LogP contribution >= 0.6 is 77.4 Å². The van der Waals surface area contributed by atoms with Gasteiger partial charge in [0.15, 0.2) is 0 Å². The summed E-state index contributed by atoms with van der Waals surface area (Å²) in [6.45, 7) is 16.0. The summed E-state index contributed by atoms with van der Waals surface area (Å²) in [5.74, 6) is 0. The highest BCUT2D eigenvalue weighted by Gasteiger charge is 2.32. The molecule has 0 amide bonds. The number of hydrogen-bond acceptors (Lipinski definition) is 9. The van der Waals surface area contributed by atoms with E-state index < -0.39 is 0 Å². The van der Waals surface area contributed by atoms with Gasteiger partial charge in [-0.25, -0.2) is 0 Å². The van der Waals surface area contributed by atoms with Crippen LogP contribution in [-0.2, 0) is 9.47 Å². The first-order chi connectivity index (χ1) is 13.2. The third kappa shape index (κ3) is 9.72. The Hall–Kier alpha value is 1.45. The average molecular weight is 519 g/mol. The molecule has 2 fully saturated rings. The summed E-state index contributed by atoms with van der Waals surface area (Å²) in [6, 6.07) is 0. The van der Waals surface area contributed by atoms with Gasteiger partial charge >= 0.3 is 0 Å². The molecule has 0 aromatic rings. The Morgan fingerprint density at radius 3 is 1.68 bits per heavy atom. The minimum Gasteiger partial charge on any atom is -0.378 e. The predicted molar refractivity (Wildman–Crippen MR) is 141 cm³/mol. The number of rotatable bonds is 7. The summed E-state index contributed by atoms with van der Waals surface area (Å²) in [5.41, 5.74) is 0. The van der Waals surface area contributed by atoms with E-state index in [-0.39, 0.29) is 9.49 Å². The van der Waals surface area contributed by atoms with Crippen molar-refractivity contribution in [2.24, 2.45) is 0 Å². The molecule has 0 aromatic heterocycles. The van der Waals surface area contributed by atoms with Crippen molar-refractivity contribution in [1.29, 1.82) is 0 Å². The van der Waals surface area contributed by atoms with Gasteiger partial charge in [0.25, 0.3) is 0 Å². The van der Waals surface area contributed by atoms with Crippen LogP contribution < -0.4 is 0 Å². The minimum atomic E-state index is 0.132. The Morgan fingerprint density at radius 1 is 0.750 bits per heavy atom. The highest BCUT2D eigenvalue weighted by atomic mass is 33.5. The molecule has 2 rings (SSSR count). The summed E-state index contributed by atoms with van der Waals surface area (Å²) in [4.78, 5) is 4.50. The lowest BCUT2D eigenvalue weighted by atomic mass is 9.99. The number of morpholine rings is 2. The van der Waals surface area contributed by atoms with Crippen molar-refractivity contribution in [1.82, 2.24) is 9.80 Å². The van der Waals surface area contributed by atoms with Gasteiger partial charge in [0.05, 0.1) is 26.4 Å². The molecule has 0 aliphatic carbocycles. The van der Waals surface area contributed by atoms with Crippen molar-refractivity contribution in [3.8, 4) is 0 Å². The molecule has 0 N–H and O–H groups in total. The van der Waals surface area contributed by atoms with E-state index in [4.69, 9.17) is 33.9 Å². The lowest BCUT2D eigenvalue weighted by molar-refractivity contribution is 0.0702. The SMILES string of the molecule is CC(C)(CC(C)(C)SSC(=S)N1CCOCC1)SSSC(=S)N1CCOCC1. The zero-order chi connectivity index (χ0) is 20.6. The first kappa shape index (κ1) is 25.7. The van der Waals surface area contributed by atoms with E-state index in [9.17, 15) is 0 Å². The maximum Gasteiger partial charge on any atom is 0.148 e. The summed E-state index contributed by atoms with van der Waals surface area (Å²) in [5, 5.41) is 0. The Balaban J connectivity index is 1.69. The molecule has 0 saturated carbocycles. The van der Waals surface area contributed by atoms with Crippen molar-refractivity contribution in [2.75, 3.05) is 52.6 Å². The third-order valence-electron chi connectivity index (χ3n) is 4.09. The number of ether oxygens (including phenoxy) is 2. The van der Waals surface area contributed by atoms with E-state index in [1.807, 2.05) is 21.6 Å². The van der Waals surface area contributed by atoms with Crippen molar-refractivity contribution in [3.63, 3.8) is 0 Å². The van der Waals surface area contributed by atoms with E-state index in [0.717, 1.165) is 67.7 Å². The fourth-order valence-corrected chi connectivity index (χ4v) is 11.7. The fraction of sp³-hybridized carbons (Fsp3) is 0.882. The van der Waals surface area contributed by atoms with Crippen LogP contribution in [0.3, 0.4) is 0 Å². The molecule has 0 atom stereocenters. The van der Waals surface area contributed by atoms with E-state index in [0.29, 0.717) is 0 Å². The quantitative estimate of drug-likeness (QED) is 0.312. The van der Waals surface area contributed by atoms with Gasteiger partial charge in [-0.05, 0) is 65.5 Å². The van der Waals surface area contributed by atoms with Gasteiger partial charge in [-0.3, -0.25) is 0 Å². The zero-order valence-corrected chi connectivity index (χ0v) is 22.6. The first-order valence-electron chi connectivity index (χ1n) is 9.30. The molecule has 0 aromatic carbocycles. The van der Waals surface area contributed by atoms with Crippen LogP contribution in [0.1, 0.15) is 34.1 Å². The molecule has 4 nitrogen and oxygen atoms in total. The minimum absolute atomic E-state index is 0.132. The third-order valence-corrected chi connectivity index (χ3v) is 13.5. The molecule has 0 radical (unpaired) electrons. The van der Waals surface area contributed by atoms with Crippen molar-refractivity contribution < 1.29 is 9.47 Å². The molecule has 11 heteroatoms. The van der Waals surface area contributed by atoms with Crippen LogP contribution in [0.5, 0.6) is 0 Å². The highest BCUT2D eigenvalue weighted by molar-refractivity contribution is 9.12. The highest BCUT2D eigenvalue weighted by Crippen LogP contribution is 2.51. The first-order valence-corrected chi connectivity index (χ1v) is 15.7. The molecule has 28 heavy (non-hydrogen) atoms. The topological polar surface area (TPSA) is 24.9 Å². The zero-order valence-electron chi connectivity index (χ0n) is 16.9. The maximum absolute atomic E-state index is 5.62. The molecule has 162 valence electrons. The Morgan fingerprint density at radius 2 is 1.18 bits per heavy atom. The number of thiocarbonyl (C=S) groups is 2. The maximum atomic E-state index is 5.62. The van der Waals surface area contributed by atoms with Crippen LogP contribution in [0.2, 0.25) is 0 Å². The molecular formula is C17H30N2O2S7. The van der Waals surface area contributed by atoms with Gasteiger partial charge in [0.1, 0.15) is 8.64 Å². The molecular weight excluding hydrogens is 489 g/mol. The molecule has 2 aliphatic heterocycles. The van der Waals surface area contributed by atoms with Gasteiger partial charge in [-0.2, -0.15) is 0 Å². The monoisotopic (exact) mass is 518 g/mol. The summed E-state index contributed by atoms with van der Waals surface area (Å²) in [6.07, 6.45) is 1.09. The van der Waals surface area contributed by atoms with Gasteiger partial charge in [0.2, 0.25) is 0 Å². The van der Waals surface area contributed by atoms with Crippen LogP contribution in [0.25, 0.3) is 0 Å². The second kappa shape index (κ2) is 12.5. The molecule has 0 spiro atoms. The van der Waals surface area contributed by atoms with Crippen LogP contribution in [-0.4, -0.2) is 80.5 Å². The van der Waals surface area contributed by atoms with Gasteiger partial charge in [-0.15, -0.1) is 0 Å². The molecule has 0 bridgehead atoms. The van der Waals surface area contributed by atoms with Crippen LogP contribution in [0, 0.1) is 0 Å². The van der Waals surface area contributed by atoms with Crippen molar-refractivity contribution >= 4 is 86.1 Å².